The lowest BCUT2D eigenvalue weighted by Gasteiger charge is -2.19. The number of ether oxygens (including phenoxy) is 2. The van der Waals surface area contributed by atoms with Gasteiger partial charge in [-0.25, -0.2) is 0 Å². The van der Waals surface area contributed by atoms with Crippen LogP contribution < -0.4 is 10.1 Å². The molecule has 1 aliphatic heterocycles. The van der Waals surface area contributed by atoms with Crippen molar-refractivity contribution in [3.63, 3.8) is 0 Å². The summed E-state index contributed by atoms with van der Waals surface area (Å²) in [6.45, 7) is 3.79. The van der Waals surface area contributed by atoms with Gasteiger partial charge >= 0.3 is 0 Å². The lowest BCUT2D eigenvalue weighted by atomic mass is 9.95. The molecule has 26 heavy (non-hydrogen) atoms. The van der Waals surface area contributed by atoms with Gasteiger partial charge in [0.15, 0.2) is 0 Å². The first kappa shape index (κ1) is 18.7. The molecule has 1 aliphatic rings. The number of rotatable bonds is 7. The van der Waals surface area contributed by atoms with Crippen molar-refractivity contribution in [3.8, 4) is 5.75 Å². The summed E-state index contributed by atoms with van der Waals surface area (Å²) in [5, 5.41) is 3.52. The van der Waals surface area contributed by atoms with Gasteiger partial charge < -0.3 is 14.8 Å². The van der Waals surface area contributed by atoms with E-state index in [2.05, 4.69) is 10.3 Å². The number of hydrogen-bond acceptors (Lipinski definition) is 4. The topological polar surface area (TPSA) is 60.5 Å². The maximum Gasteiger partial charge on any atom is 0.251 e. The van der Waals surface area contributed by atoms with Gasteiger partial charge in [0.2, 0.25) is 0 Å². The Kier molecular flexibility index (Phi) is 6.47. The predicted octanol–water partition coefficient (Wildman–Crippen LogP) is 3.51. The zero-order valence-corrected chi connectivity index (χ0v) is 15.5. The largest absolute Gasteiger partial charge is 0.492 e. The van der Waals surface area contributed by atoms with E-state index in [0.29, 0.717) is 36.2 Å². The van der Waals surface area contributed by atoms with Crippen molar-refractivity contribution in [1.82, 2.24) is 10.3 Å². The molecule has 0 bridgehead atoms. The minimum absolute atomic E-state index is 0.0227. The zero-order valence-electron chi connectivity index (χ0n) is 14.8. The minimum Gasteiger partial charge on any atom is -0.492 e. The molecule has 3 rings (SSSR count). The first-order chi connectivity index (χ1) is 12.7. The second kappa shape index (κ2) is 9.01. The monoisotopic (exact) mass is 374 g/mol. The van der Waals surface area contributed by atoms with Crippen LogP contribution in [0.5, 0.6) is 5.75 Å². The van der Waals surface area contributed by atoms with Crippen molar-refractivity contribution >= 4 is 17.5 Å². The van der Waals surface area contributed by atoms with Crippen molar-refractivity contribution < 1.29 is 14.3 Å². The van der Waals surface area contributed by atoms with Crippen LogP contribution in [-0.4, -0.2) is 36.8 Å². The molecular weight excluding hydrogens is 352 g/mol. The van der Waals surface area contributed by atoms with Crippen LogP contribution in [0.25, 0.3) is 0 Å². The Morgan fingerprint density at radius 3 is 2.85 bits per heavy atom. The highest BCUT2D eigenvalue weighted by atomic mass is 35.5. The van der Waals surface area contributed by atoms with Gasteiger partial charge in [-0.1, -0.05) is 18.5 Å². The Labute approximate surface area is 158 Å². The van der Waals surface area contributed by atoms with Crippen LogP contribution in [0.3, 0.4) is 0 Å². The smallest absolute Gasteiger partial charge is 0.251 e. The highest BCUT2D eigenvalue weighted by Crippen LogP contribution is 2.26. The normalized spacial score (nSPS) is 19.3. The number of amides is 1. The van der Waals surface area contributed by atoms with Crippen molar-refractivity contribution in [3.05, 3.63) is 58.9 Å². The number of benzene rings is 1. The minimum atomic E-state index is -0.149. The molecule has 5 nitrogen and oxygen atoms in total. The van der Waals surface area contributed by atoms with Gasteiger partial charge in [0.05, 0.1) is 30.9 Å². The summed E-state index contributed by atoms with van der Waals surface area (Å²) in [7, 11) is 0. The number of carbonyl (C=O) groups is 1. The SMILES string of the molecule is CCCOc1ccc(C(=O)N[C@H]2COC[C@H]2Cc2ccncc2)cc1Cl. The number of aromatic nitrogens is 1. The fourth-order valence-corrected chi connectivity index (χ4v) is 3.24. The highest BCUT2D eigenvalue weighted by Gasteiger charge is 2.30. The molecule has 0 unspecified atom stereocenters. The molecule has 2 heterocycles. The number of nitrogens with zero attached hydrogens (tertiary/aromatic N) is 1. The molecule has 0 aliphatic carbocycles. The lowest BCUT2D eigenvalue weighted by Crippen LogP contribution is -2.40. The van der Waals surface area contributed by atoms with Crippen LogP contribution in [0, 0.1) is 5.92 Å². The number of nitrogens with one attached hydrogen (secondary N) is 1. The van der Waals surface area contributed by atoms with E-state index >= 15 is 0 Å². The van der Waals surface area contributed by atoms with E-state index in [1.165, 1.54) is 5.56 Å². The number of halogens is 1. The molecule has 1 amide bonds. The highest BCUT2D eigenvalue weighted by molar-refractivity contribution is 6.32. The molecule has 0 saturated carbocycles. The van der Waals surface area contributed by atoms with Crippen LogP contribution in [0.4, 0.5) is 0 Å². The van der Waals surface area contributed by atoms with E-state index in [9.17, 15) is 4.79 Å². The van der Waals surface area contributed by atoms with Crippen molar-refractivity contribution in [2.45, 2.75) is 25.8 Å². The number of carbonyl (C=O) groups excluding carboxylic acids is 1. The van der Waals surface area contributed by atoms with E-state index in [0.717, 1.165) is 12.8 Å². The summed E-state index contributed by atoms with van der Waals surface area (Å²) >= 11 is 6.23. The number of hydrogen-bond donors (Lipinski definition) is 1. The van der Waals surface area contributed by atoms with Crippen molar-refractivity contribution in [2.24, 2.45) is 5.92 Å². The van der Waals surface area contributed by atoms with Gasteiger partial charge in [0.25, 0.3) is 5.91 Å². The predicted molar refractivity (Wildman–Crippen MR) is 101 cm³/mol. The summed E-state index contributed by atoms with van der Waals surface area (Å²) in [6.07, 6.45) is 5.31. The fraction of sp³-hybridized carbons (Fsp3) is 0.400. The third kappa shape index (κ3) is 4.74. The Bertz CT molecular complexity index is 739. The molecule has 2 atom stereocenters. The lowest BCUT2D eigenvalue weighted by molar-refractivity contribution is 0.0925. The van der Waals surface area contributed by atoms with Crippen molar-refractivity contribution in [2.75, 3.05) is 19.8 Å². The van der Waals surface area contributed by atoms with Crippen molar-refractivity contribution in [1.29, 1.82) is 0 Å². The van der Waals surface area contributed by atoms with Crippen LogP contribution in [0.2, 0.25) is 5.02 Å². The first-order valence-corrected chi connectivity index (χ1v) is 9.25. The molecule has 1 aromatic heterocycles. The second-order valence-corrected chi connectivity index (χ2v) is 6.84. The van der Waals surface area contributed by atoms with Gasteiger partial charge in [0.1, 0.15) is 5.75 Å². The molecule has 1 N–H and O–H groups in total. The molecule has 1 saturated heterocycles. The third-order valence-electron chi connectivity index (χ3n) is 4.42. The molecule has 1 fully saturated rings. The van der Waals surface area contributed by atoms with E-state index in [4.69, 9.17) is 21.1 Å². The van der Waals surface area contributed by atoms with Crippen LogP contribution in [0.1, 0.15) is 29.3 Å². The standard InChI is InChI=1S/C20H23ClN2O3/c1-2-9-26-19-4-3-15(11-17(19)21)20(24)23-18-13-25-12-16(18)10-14-5-7-22-8-6-14/h3-8,11,16,18H,2,9-10,12-13H2,1H3,(H,23,24)/t16-,18+/m1/s1. The van der Waals surface area contributed by atoms with E-state index in [-0.39, 0.29) is 17.9 Å². The van der Waals surface area contributed by atoms with E-state index in [1.54, 1.807) is 30.6 Å². The molecule has 0 spiro atoms. The molecule has 6 heteroatoms. The van der Waals surface area contributed by atoms with Crippen LogP contribution in [0.15, 0.2) is 42.7 Å². The van der Waals surface area contributed by atoms with Gasteiger partial charge in [-0.15, -0.1) is 0 Å². The van der Waals surface area contributed by atoms with Gasteiger partial charge in [0, 0.05) is 23.9 Å². The maximum atomic E-state index is 12.6. The first-order valence-electron chi connectivity index (χ1n) is 8.87. The second-order valence-electron chi connectivity index (χ2n) is 6.43. The molecule has 0 radical (unpaired) electrons. The molecule has 2 aromatic rings. The Hall–Kier alpha value is -2.11. The Balaban J connectivity index is 1.62. The third-order valence-corrected chi connectivity index (χ3v) is 4.71. The average molecular weight is 375 g/mol. The van der Waals surface area contributed by atoms with Crippen LogP contribution in [-0.2, 0) is 11.2 Å². The Morgan fingerprint density at radius 1 is 1.31 bits per heavy atom. The maximum absolute atomic E-state index is 12.6. The van der Waals surface area contributed by atoms with Gasteiger partial charge in [-0.05, 0) is 48.7 Å². The summed E-state index contributed by atoms with van der Waals surface area (Å²) in [5.74, 6) is 0.693. The zero-order chi connectivity index (χ0) is 18.4. The van der Waals surface area contributed by atoms with E-state index < -0.39 is 0 Å². The van der Waals surface area contributed by atoms with Gasteiger partial charge in [-0.3, -0.25) is 9.78 Å². The fourth-order valence-electron chi connectivity index (χ4n) is 3.00. The summed E-state index contributed by atoms with van der Waals surface area (Å²) < 4.78 is 11.1. The molecule has 138 valence electrons. The summed E-state index contributed by atoms with van der Waals surface area (Å²) in [4.78, 5) is 16.6. The Morgan fingerprint density at radius 2 is 2.12 bits per heavy atom. The number of pyridine rings is 1. The van der Waals surface area contributed by atoms with Gasteiger partial charge in [-0.2, -0.15) is 0 Å². The molecule has 1 aromatic carbocycles. The average Bonchev–Trinajstić information content (AvgIpc) is 3.08. The summed E-state index contributed by atoms with van der Waals surface area (Å²) in [5.41, 5.74) is 1.71. The molecular formula is C20H23ClN2O3. The quantitative estimate of drug-likeness (QED) is 0.805. The van der Waals surface area contributed by atoms with E-state index in [1.807, 2.05) is 19.1 Å². The van der Waals surface area contributed by atoms with Crippen LogP contribution >= 0.6 is 11.6 Å². The summed E-state index contributed by atoms with van der Waals surface area (Å²) in [6, 6.07) is 9.09.